The lowest BCUT2D eigenvalue weighted by atomic mass is 9.84. The summed E-state index contributed by atoms with van der Waals surface area (Å²) in [4.78, 5) is 12.8. The maximum absolute atomic E-state index is 16.8. The average molecular weight is 570 g/mol. The van der Waals surface area contributed by atoms with Crippen LogP contribution in [-0.4, -0.2) is 18.9 Å². The zero-order valence-corrected chi connectivity index (χ0v) is 26.4. The molecular weight excluding hydrogens is 521 g/mol. The third kappa shape index (κ3) is 7.78. The Hall–Kier alpha value is -2.59. The number of hydrogen-bond acceptors (Lipinski definition) is 3. The maximum atomic E-state index is 16.8. The molecule has 0 radical (unpaired) electrons. The molecule has 2 rings (SSSR count). The minimum atomic E-state index is -0.764. The Labute approximate surface area is 247 Å². The van der Waals surface area contributed by atoms with Crippen LogP contribution < -0.4 is 10.1 Å². The zero-order valence-electron chi connectivity index (χ0n) is 25.7. The molecule has 2 aromatic carbocycles. The molecule has 2 atom stereocenters. The summed E-state index contributed by atoms with van der Waals surface area (Å²) in [6, 6.07) is 7.53. The molecule has 0 spiro atoms. The monoisotopic (exact) mass is 569 g/mol. The molecule has 0 heterocycles. The van der Waals surface area contributed by atoms with Crippen LogP contribution in [0.2, 0.25) is 5.02 Å². The Morgan fingerprint density at radius 2 is 1.88 bits per heavy atom. The molecule has 0 amide bonds. The highest BCUT2D eigenvalue weighted by Gasteiger charge is 2.32. The molecule has 0 fully saturated rings. The summed E-state index contributed by atoms with van der Waals surface area (Å²) in [6.07, 6.45) is 10.0. The molecule has 5 heteroatoms. The lowest BCUT2D eigenvalue weighted by Gasteiger charge is -2.34. The minimum Gasteiger partial charge on any atom is -0.496 e. The van der Waals surface area contributed by atoms with Crippen LogP contribution in [-0.2, 0) is 11.2 Å². The first-order valence-corrected chi connectivity index (χ1v) is 15.3. The Kier molecular flexibility index (Phi) is 13.4. The van der Waals surface area contributed by atoms with E-state index in [4.69, 9.17) is 16.3 Å². The van der Waals surface area contributed by atoms with Crippen LogP contribution in [0.25, 0.3) is 16.8 Å². The van der Waals surface area contributed by atoms with E-state index in [1.165, 1.54) is 0 Å². The highest BCUT2D eigenvalue weighted by Crippen LogP contribution is 2.43. The van der Waals surface area contributed by atoms with Crippen molar-refractivity contribution in [3.05, 3.63) is 70.0 Å². The number of carbonyl (C=O) groups is 1. The van der Waals surface area contributed by atoms with Crippen molar-refractivity contribution in [2.45, 2.75) is 105 Å². The van der Waals surface area contributed by atoms with E-state index in [9.17, 15) is 4.79 Å². The van der Waals surface area contributed by atoms with Crippen molar-refractivity contribution in [2.24, 2.45) is 5.92 Å². The third-order valence-electron chi connectivity index (χ3n) is 7.96. The van der Waals surface area contributed by atoms with Crippen molar-refractivity contribution < 1.29 is 13.9 Å². The second kappa shape index (κ2) is 16.0. The number of aldehydes is 1. The summed E-state index contributed by atoms with van der Waals surface area (Å²) in [6.45, 7) is 16.7. The van der Waals surface area contributed by atoms with E-state index in [0.29, 0.717) is 58.2 Å². The lowest BCUT2D eigenvalue weighted by molar-refractivity contribution is -0.113. The molecule has 0 bridgehead atoms. The molecule has 220 valence electrons. The van der Waals surface area contributed by atoms with Gasteiger partial charge in [0.25, 0.3) is 0 Å². The Morgan fingerprint density at radius 3 is 2.42 bits per heavy atom. The van der Waals surface area contributed by atoms with Gasteiger partial charge in [-0.05, 0) is 73.8 Å². The van der Waals surface area contributed by atoms with Gasteiger partial charge in [0.05, 0.1) is 17.7 Å². The number of halogens is 2. The predicted molar refractivity (Wildman–Crippen MR) is 170 cm³/mol. The lowest BCUT2D eigenvalue weighted by Crippen LogP contribution is -2.46. The van der Waals surface area contributed by atoms with Crippen molar-refractivity contribution in [2.75, 3.05) is 7.11 Å². The summed E-state index contributed by atoms with van der Waals surface area (Å²) < 4.78 is 22.4. The Bertz CT molecular complexity index is 1190. The van der Waals surface area contributed by atoms with Gasteiger partial charge in [-0.2, -0.15) is 0 Å². The van der Waals surface area contributed by atoms with E-state index in [1.54, 1.807) is 7.11 Å². The van der Waals surface area contributed by atoms with Crippen molar-refractivity contribution in [3.63, 3.8) is 0 Å². The summed E-state index contributed by atoms with van der Waals surface area (Å²) >= 11 is 6.96. The molecule has 0 aliphatic rings. The van der Waals surface area contributed by atoms with E-state index in [0.717, 1.165) is 61.6 Å². The Balaban J connectivity index is 2.90. The molecule has 0 saturated heterocycles. The van der Waals surface area contributed by atoms with Gasteiger partial charge in [-0.3, -0.25) is 0 Å². The number of carbonyl (C=O) groups excluding carboxylic acids is 1. The van der Waals surface area contributed by atoms with Crippen molar-refractivity contribution >= 4 is 23.6 Å². The van der Waals surface area contributed by atoms with Gasteiger partial charge in [-0.15, -0.1) is 0 Å². The quantitative estimate of drug-likeness (QED) is 0.152. The molecule has 3 nitrogen and oxygen atoms in total. The topological polar surface area (TPSA) is 38.3 Å². The average Bonchev–Trinajstić information content (AvgIpc) is 2.95. The van der Waals surface area contributed by atoms with Crippen molar-refractivity contribution in [3.8, 4) is 16.9 Å². The minimum absolute atomic E-state index is 0.311. The summed E-state index contributed by atoms with van der Waals surface area (Å²) in [5.41, 5.74) is 4.14. The van der Waals surface area contributed by atoms with Gasteiger partial charge in [0.15, 0.2) is 0 Å². The number of ether oxygens (including phenoxy) is 1. The summed E-state index contributed by atoms with van der Waals surface area (Å²) in [5, 5.41) is 4.00. The first-order valence-electron chi connectivity index (χ1n) is 14.9. The van der Waals surface area contributed by atoms with E-state index in [1.807, 2.05) is 44.2 Å². The fourth-order valence-corrected chi connectivity index (χ4v) is 5.74. The molecule has 40 heavy (non-hydrogen) atoms. The van der Waals surface area contributed by atoms with Crippen LogP contribution in [0.15, 0.2) is 42.5 Å². The molecule has 2 unspecified atom stereocenters. The van der Waals surface area contributed by atoms with Gasteiger partial charge in [0, 0.05) is 22.4 Å². The molecule has 0 aliphatic heterocycles. The van der Waals surface area contributed by atoms with Crippen LogP contribution in [0.4, 0.5) is 4.39 Å². The second-order valence-corrected chi connectivity index (χ2v) is 11.4. The van der Waals surface area contributed by atoms with E-state index < -0.39 is 5.54 Å². The number of hydrogen-bond donors (Lipinski definition) is 1. The number of benzene rings is 2. The highest BCUT2D eigenvalue weighted by molar-refractivity contribution is 6.33. The molecule has 0 aliphatic carbocycles. The second-order valence-electron chi connectivity index (χ2n) is 11.0. The van der Waals surface area contributed by atoms with Gasteiger partial charge in [-0.1, -0.05) is 96.7 Å². The summed E-state index contributed by atoms with van der Waals surface area (Å²) in [7, 11) is 1.59. The number of methoxy groups -OCH3 is 1. The van der Waals surface area contributed by atoms with Crippen LogP contribution in [0.1, 0.15) is 103 Å². The fourth-order valence-electron chi connectivity index (χ4n) is 5.46. The van der Waals surface area contributed by atoms with E-state index in [-0.39, 0.29) is 5.82 Å². The van der Waals surface area contributed by atoms with Crippen molar-refractivity contribution in [1.29, 1.82) is 0 Å². The Morgan fingerprint density at radius 1 is 1.15 bits per heavy atom. The fraction of sp³-hybridized carbons (Fsp3) is 0.514. The van der Waals surface area contributed by atoms with Gasteiger partial charge in [0.2, 0.25) is 0 Å². The SMILES string of the molecule is C=C/C(CCC)=C(/NC(C=O)(CCC)CCC(C)CC)c1cc(Cl)c(-c2c(C)cccc2OC)c(F)c1CCC. The van der Waals surface area contributed by atoms with Gasteiger partial charge in [0.1, 0.15) is 17.9 Å². The van der Waals surface area contributed by atoms with Gasteiger partial charge in [-0.25, -0.2) is 4.39 Å². The van der Waals surface area contributed by atoms with Gasteiger partial charge < -0.3 is 14.8 Å². The predicted octanol–water partition coefficient (Wildman–Crippen LogP) is 10.3. The normalized spacial score (nSPS) is 14.2. The smallest absolute Gasteiger partial charge is 0.145 e. The first-order chi connectivity index (χ1) is 19.2. The number of allylic oxidation sites excluding steroid dienone is 2. The largest absolute Gasteiger partial charge is 0.496 e. The van der Waals surface area contributed by atoms with E-state index >= 15 is 4.39 Å². The zero-order chi connectivity index (χ0) is 29.9. The third-order valence-corrected chi connectivity index (χ3v) is 8.25. The molecule has 0 aromatic heterocycles. The molecular formula is C35H49ClFNO2. The van der Waals surface area contributed by atoms with Crippen LogP contribution in [0.5, 0.6) is 5.75 Å². The number of nitrogens with one attached hydrogen (secondary N) is 1. The van der Waals surface area contributed by atoms with Gasteiger partial charge >= 0.3 is 0 Å². The molecule has 1 N–H and O–H groups in total. The first kappa shape index (κ1) is 33.6. The maximum Gasteiger partial charge on any atom is 0.145 e. The van der Waals surface area contributed by atoms with Crippen LogP contribution in [0.3, 0.4) is 0 Å². The summed E-state index contributed by atoms with van der Waals surface area (Å²) in [5.74, 6) is 0.740. The van der Waals surface area contributed by atoms with Crippen LogP contribution in [0, 0.1) is 18.7 Å². The standard InChI is InChI=1S/C35H49ClFNO2/c1-9-15-26(13-5)34(38-35(23-39,20-11-3)21-19-24(6)12-4)28-22-29(36)32(33(37)27(28)16-10-2)31-25(7)17-14-18-30(31)40-8/h13-14,17-18,22-24,38H,5,9-12,15-16,19-21H2,1-4,6-8H3/b34-26-. The number of aryl methyl sites for hydroxylation is 1. The molecule has 2 aromatic rings. The van der Waals surface area contributed by atoms with Crippen LogP contribution >= 0.6 is 11.6 Å². The highest BCUT2D eigenvalue weighted by atomic mass is 35.5. The van der Waals surface area contributed by atoms with Crippen molar-refractivity contribution in [1.82, 2.24) is 5.32 Å². The van der Waals surface area contributed by atoms with E-state index in [2.05, 4.69) is 39.6 Å². The molecule has 0 saturated carbocycles. The number of rotatable bonds is 17.